The van der Waals surface area contributed by atoms with Crippen LogP contribution < -0.4 is 10.2 Å². The molecule has 2 amide bonds. The molecule has 3 aromatic carbocycles. The van der Waals surface area contributed by atoms with Gasteiger partial charge < -0.3 is 15.1 Å². The van der Waals surface area contributed by atoms with Crippen molar-refractivity contribution in [3.05, 3.63) is 135 Å². The van der Waals surface area contributed by atoms with Gasteiger partial charge in [-0.15, -0.1) is 0 Å². The summed E-state index contributed by atoms with van der Waals surface area (Å²) in [5.74, 6) is -1.95. The van der Waals surface area contributed by atoms with Gasteiger partial charge in [-0.2, -0.15) is 38.2 Å². The van der Waals surface area contributed by atoms with Gasteiger partial charge in [0.1, 0.15) is 6.54 Å². The Morgan fingerprint density at radius 3 is 2.06 bits per heavy atom. The second-order valence-corrected chi connectivity index (χ2v) is 28.4. The zero-order valence-electron chi connectivity index (χ0n) is 45.4. The highest BCUT2D eigenvalue weighted by molar-refractivity contribution is 7.86. The molecule has 8 rings (SSSR count). The average molecular weight is 1160 g/mol. The van der Waals surface area contributed by atoms with Gasteiger partial charge in [-0.3, -0.25) is 27.8 Å². The summed E-state index contributed by atoms with van der Waals surface area (Å²) in [6, 6.07) is 16.3. The van der Waals surface area contributed by atoms with Crippen LogP contribution in [0.1, 0.15) is 130 Å². The van der Waals surface area contributed by atoms with Crippen molar-refractivity contribution >= 4 is 80.5 Å². The molecule has 0 spiro atoms. The molecule has 5 N–H and O–H groups in total. The molecular formula is C57H71N4O14S4+. The van der Waals surface area contributed by atoms with E-state index in [0.29, 0.717) is 49.2 Å². The van der Waals surface area contributed by atoms with Crippen molar-refractivity contribution in [3.8, 4) is 0 Å². The quantitative estimate of drug-likeness (QED) is 0.0359. The molecule has 22 heteroatoms. The van der Waals surface area contributed by atoms with E-state index < -0.39 is 68.7 Å². The minimum atomic E-state index is -4.57. The Hall–Kier alpha value is -5.59. The lowest BCUT2D eigenvalue weighted by atomic mass is 9.72. The van der Waals surface area contributed by atoms with Crippen molar-refractivity contribution in [2.24, 2.45) is 5.92 Å². The van der Waals surface area contributed by atoms with Crippen molar-refractivity contribution in [2.45, 2.75) is 115 Å². The number of aryl methyl sites for hydroxylation is 1. The largest absolute Gasteiger partial charge is 0.359 e. The van der Waals surface area contributed by atoms with Crippen LogP contribution in [0.4, 0.5) is 11.4 Å². The minimum Gasteiger partial charge on any atom is -0.359 e. The molecule has 2 heterocycles. The van der Waals surface area contributed by atoms with Gasteiger partial charge in [0.25, 0.3) is 46.4 Å². The van der Waals surface area contributed by atoms with Gasteiger partial charge in [0.15, 0.2) is 5.71 Å². The fourth-order valence-corrected chi connectivity index (χ4v) is 14.3. The Morgan fingerprint density at radius 1 is 0.722 bits per heavy atom. The summed E-state index contributed by atoms with van der Waals surface area (Å²) >= 11 is 0. The third-order valence-corrected chi connectivity index (χ3v) is 19.3. The standard InChI is InChI=1S/C57H70N4O14S4/c1-37-12-22-47-45(34-37)56(2,3)49(60(47)28-7-9-31-76(64,65)66)24-18-38-13-15-40-16-14-39(19-25-50-57(4,5)46-36-42(79(73,74)75)20-23-48(46)61(50)29-8-10-32-77(67,68)69)53-44-35-41(17-21-43(44)52(38)54(40)53)55(63)59(30-26-51(62)58-6)27-11-33-78(70,71)72/h12,17-25,34-36,40H,7-11,13-16,26-33H2,1-6H3,(H4-,58,62,64,65,66,67,68,69,70,71,72,73,74,75)/p+1. The number of hydrogen-bond donors (Lipinski definition) is 5. The molecule has 18 nitrogen and oxygen atoms in total. The maximum atomic E-state index is 14.7. The molecule has 5 aliphatic rings. The van der Waals surface area contributed by atoms with Crippen molar-refractivity contribution in [1.82, 2.24) is 10.2 Å². The number of unbranched alkanes of at least 4 members (excludes halogenated alkanes) is 2. The Morgan fingerprint density at radius 2 is 1.39 bits per heavy atom. The summed E-state index contributed by atoms with van der Waals surface area (Å²) in [5.41, 5.74) is 12.4. The van der Waals surface area contributed by atoms with Crippen LogP contribution in [0.3, 0.4) is 0 Å². The lowest BCUT2D eigenvalue weighted by molar-refractivity contribution is -0.438. The zero-order chi connectivity index (χ0) is 57.6. The number of anilines is 1. The lowest BCUT2D eigenvalue weighted by Crippen LogP contribution is -2.36. The number of fused-ring (bicyclic) bond motifs is 5. The SMILES string of the molecule is CNC(=O)CCN(CCCS(=O)(=O)O)C(=O)c1ccc2c(c1)C1=C(C=CC3=[N+](CCCCS(=O)(=O)O)c4ccc(S(=O)(=O)O)cc4C3(C)C)CCC3CCC(=CC=C4N(CCCCS(=O)(=O)O)c5ccc(C)cc5C4(C)C)C2=C13. The number of allylic oxidation sites excluding steroid dienone is 10. The highest BCUT2D eigenvalue weighted by Gasteiger charge is 2.46. The van der Waals surface area contributed by atoms with E-state index in [4.69, 9.17) is 0 Å². The third kappa shape index (κ3) is 13.1. The molecular weight excluding hydrogens is 1090 g/mol. The van der Waals surface area contributed by atoms with Gasteiger partial charge in [0.05, 0.1) is 27.6 Å². The molecule has 2 aliphatic heterocycles. The predicted molar refractivity (Wildman–Crippen MR) is 305 cm³/mol. The maximum absolute atomic E-state index is 14.7. The second kappa shape index (κ2) is 22.7. The van der Waals surface area contributed by atoms with E-state index in [1.54, 1.807) is 12.1 Å². The normalized spacial score (nSPS) is 19.6. The van der Waals surface area contributed by atoms with E-state index in [0.717, 1.165) is 86.5 Å². The first kappa shape index (κ1) is 59.5. The van der Waals surface area contributed by atoms with Gasteiger partial charge in [-0.05, 0) is 159 Å². The average Bonchev–Trinajstić information content (AvgIpc) is 4.16. The van der Waals surface area contributed by atoms with E-state index >= 15 is 0 Å². The molecule has 0 bridgehead atoms. The third-order valence-electron chi connectivity index (χ3n) is 16.1. The summed E-state index contributed by atoms with van der Waals surface area (Å²) in [5, 5.41) is 2.56. The second-order valence-electron chi connectivity index (χ2n) is 22.3. The number of rotatable bonds is 22. The molecule has 0 saturated carbocycles. The molecule has 426 valence electrons. The first-order chi connectivity index (χ1) is 36.9. The summed E-state index contributed by atoms with van der Waals surface area (Å²) < 4.78 is 136. The smallest absolute Gasteiger partial charge is 0.294 e. The molecule has 3 aliphatic carbocycles. The van der Waals surface area contributed by atoms with Crippen LogP contribution in [0.5, 0.6) is 0 Å². The minimum absolute atomic E-state index is 0.0116. The van der Waals surface area contributed by atoms with E-state index in [-0.39, 0.29) is 61.2 Å². The Kier molecular flexibility index (Phi) is 17.1. The number of benzene rings is 3. The number of nitrogens with one attached hydrogen (secondary N) is 1. The predicted octanol–water partition coefficient (Wildman–Crippen LogP) is 8.40. The van der Waals surface area contributed by atoms with E-state index in [2.05, 4.69) is 60.5 Å². The Balaban J connectivity index is 1.28. The number of carbonyl (C=O) groups excluding carboxylic acids is 2. The fourth-order valence-electron chi connectivity index (χ4n) is 12.1. The van der Waals surface area contributed by atoms with Crippen LogP contribution in [0.25, 0.3) is 11.1 Å². The molecule has 1 unspecified atom stereocenters. The van der Waals surface area contributed by atoms with Crippen LogP contribution in [-0.4, -0.2) is 129 Å². The monoisotopic (exact) mass is 1160 g/mol. The molecule has 1 atom stereocenters. The maximum Gasteiger partial charge on any atom is 0.294 e. The van der Waals surface area contributed by atoms with E-state index in [9.17, 15) is 61.5 Å². The van der Waals surface area contributed by atoms with Crippen LogP contribution in [0.15, 0.2) is 106 Å². The Bertz CT molecular complexity index is 3660. The number of amides is 2. The first-order valence-electron chi connectivity index (χ1n) is 26.6. The topological polar surface area (TPSA) is 273 Å². The fraction of sp³-hybridized carbons (Fsp3) is 0.456. The van der Waals surface area contributed by atoms with Crippen LogP contribution in [0, 0.1) is 12.8 Å². The summed E-state index contributed by atoms with van der Waals surface area (Å²) in [6.07, 6.45) is 12.6. The highest BCUT2D eigenvalue weighted by atomic mass is 32.2. The molecule has 79 heavy (non-hydrogen) atoms. The Labute approximate surface area is 464 Å². The van der Waals surface area contributed by atoms with E-state index in [1.807, 2.05) is 43.6 Å². The summed E-state index contributed by atoms with van der Waals surface area (Å²) in [4.78, 5) is 30.5. The first-order valence-corrected chi connectivity index (χ1v) is 32.9. The van der Waals surface area contributed by atoms with Crippen LogP contribution in [0.2, 0.25) is 0 Å². The van der Waals surface area contributed by atoms with Crippen molar-refractivity contribution in [2.75, 3.05) is 55.4 Å². The van der Waals surface area contributed by atoms with Gasteiger partial charge in [-0.1, -0.05) is 49.8 Å². The van der Waals surface area contributed by atoms with Crippen LogP contribution in [-0.2, 0) is 56.1 Å². The number of carbonyl (C=O) groups is 2. The van der Waals surface area contributed by atoms with E-state index in [1.165, 1.54) is 24.1 Å². The zero-order valence-corrected chi connectivity index (χ0v) is 48.7. The van der Waals surface area contributed by atoms with Crippen molar-refractivity contribution in [1.29, 1.82) is 0 Å². The molecule has 0 fully saturated rings. The van der Waals surface area contributed by atoms with Gasteiger partial charge in [-0.25, -0.2) is 0 Å². The number of hydrogen-bond acceptors (Lipinski definition) is 11. The molecule has 0 saturated heterocycles. The lowest BCUT2D eigenvalue weighted by Gasteiger charge is -2.32. The summed E-state index contributed by atoms with van der Waals surface area (Å²) in [6.45, 7) is 11.1. The van der Waals surface area contributed by atoms with Gasteiger partial charge >= 0.3 is 0 Å². The molecule has 0 aromatic heterocycles. The van der Waals surface area contributed by atoms with Crippen molar-refractivity contribution < 1.29 is 66.0 Å². The molecule has 0 radical (unpaired) electrons. The van der Waals surface area contributed by atoms with Crippen molar-refractivity contribution in [3.63, 3.8) is 0 Å². The molecule has 3 aromatic rings. The number of nitrogens with zero attached hydrogens (tertiary/aromatic N) is 3. The summed E-state index contributed by atoms with van der Waals surface area (Å²) in [7, 11) is -15.8. The highest BCUT2D eigenvalue weighted by Crippen LogP contribution is 2.58. The van der Waals surface area contributed by atoms with Gasteiger partial charge in [0, 0.05) is 79.6 Å². The van der Waals surface area contributed by atoms with Crippen LogP contribution >= 0.6 is 0 Å². The van der Waals surface area contributed by atoms with Gasteiger partial charge in [0.2, 0.25) is 11.6 Å².